The van der Waals surface area contributed by atoms with Gasteiger partial charge in [-0.2, -0.15) is 0 Å². The summed E-state index contributed by atoms with van der Waals surface area (Å²) in [6.45, 7) is 3.62. The van der Waals surface area contributed by atoms with Gasteiger partial charge in [-0.15, -0.1) is 0 Å². The first-order chi connectivity index (χ1) is 13.5. The number of hydrogen-bond donors (Lipinski definition) is 0. The number of rotatable bonds is 6. The highest BCUT2D eigenvalue weighted by Crippen LogP contribution is 2.30. The van der Waals surface area contributed by atoms with Crippen molar-refractivity contribution >= 4 is 40.8 Å². The molecule has 0 radical (unpaired) electrons. The molecular weight excluding hydrogens is 384 g/mol. The van der Waals surface area contributed by atoms with Gasteiger partial charge in [0.1, 0.15) is 17.2 Å². The van der Waals surface area contributed by atoms with Crippen molar-refractivity contribution in [2.75, 3.05) is 0 Å². The van der Waals surface area contributed by atoms with Gasteiger partial charge in [0.25, 0.3) is 6.47 Å². The molecule has 0 atom stereocenters. The minimum atomic E-state index is -0.602. The van der Waals surface area contributed by atoms with Gasteiger partial charge in [0, 0.05) is 12.1 Å². The van der Waals surface area contributed by atoms with E-state index in [1.165, 1.54) is 18.2 Å². The van der Waals surface area contributed by atoms with E-state index < -0.39 is 11.9 Å². The third-order valence-electron chi connectivity index (χ3n) is 3.72. The van der Waals surface area contributed by atoms with Crippen LogP contribution < -0.4 is 14.2 Å². The van der Waals surface area contributed by atoms with Crippen LogP contribution in [0.4, 0.5) is 0 Å². The maximum Gasteiger partial charge on any atom is 0.343 e. The topological polar surface area (TPSA) is 78.9 Å². The van der Waals surface area contributed by atoms with Crippen LogP contribution in [0.15, 0.2) is 67.3 Å². The maximum absolute atomic E-state index is 12.4. The number of fused-ring (bicyclic) bond motifs is 1. The molecule has 0 aliphatic carbocycles. The predicted octanol–water partition coefficient (Wildman–Crippen LogP) is 4.34. The third-order valence-corrected chi connectivity index (χ3v) is 4.02. The molecule has 0 N–H and O–H groups in total. The lowest BCUT2D eigenvalue weighted by atomic mass is 10.1. The second-order valence-electron chi connectivity index (χ2n) is 5.54. The molecule has 0 aliphatic heterocycles. The quantitative estimate of drug-likeness (QED) is 0.267. The molecule has 0 saturated heterocycles. The molecule has 0 heterocycles. The summed E-state index contributed by atoms with van der Waals surface area (Å²) in [4.78, 5) is 34.1. The zero-order valence-corrected chi connectivity index (χ0v) is 15.1. The van der Waals surface area contributed by atoms with E-state index in [1.807, 2.05) is 0 Å². The minimum absolute atomic E-state index is 0.127. The Morgan fingerprint density at radius 3 is 2.32 bits per heavy atom. The van der Waals surface area contributed by atoms with Crippen molar-refractivity contribution in [3.8, 4) is 17.2 Å². The molecule has 0 saturated carbocycles. The summed E-state index contributed by atoms with van der Waals surface area (Å²) >= 11 is 6.04. The van der Waals surface area contributed by atoms with Crippen molar-refractivity contribution in [3.05, 3.63) is 77.8 Å². The van der Waals surface area contributed by atoms with Crippen molar-refractivity contribution in [1.82, 2.24) is 0 Å². The molecule has 3 rings (SSSR count). The number of carbonyl (C=O) groups is 3. The Balaban J connectivity index is 1.80. The summed E-state index contributed by atoms with van der Waals surface area (Å²) in [5.74, 6) is -0.414. The van der Waals surface area contributed by atoms with Crippen molar-refractivity contribution < 1.29 is 28.6 Å². The smallest absolute Gasteiger partial charge is 0.343 e. The zero-order chi connectivity index (χ0) is 20.1. The Labute approximate surface area is 164 Å². The summed E-state index contributed by atoms with van der Waals surface area (Å²) in [5, 5.41) is 1.66. The first-order valence-corrected chi connectivity index (χ1v) is 8.38. The van der Waals surface area contributed by atoms with E-state index in [0.717, 1.165) is 16.8 Å². The van der Waals surface area contributed by atoms with Gasteiger partial charge >= 0.3 is 11.9 Å². The van der Waals surface area contributed by atoms with E-state index in [0.29, 0.717) is 11.3 Å². The molecule has 0 bridgehead atoms. The first-order valence-electron chi connectivity index (χ1n) is 8.00. The Kier molecular flexibility index (Phi) is 5.72. The van der Waals surface area contributed by atoms with Crippen LogP contribution in [0.5, 0.6) is 17.2 Å². The van der Waals surface area contributed by atoms with Crippen molar-refractivity contribution in [3.63, 3.8) is 0 Å². The second kappa shape index (κ2) is 8.37. The van der Waals surface area contributed by atoms with E-state index in [-0.39, 0.29) is 23.0 Å². The molecule has 3 aromatic carbocycles. The average molecular weight is 397 g/mol. The third kappa shape index (κ3) is 4.36. The van der Waals surface area contributed by atoms with Gasteiger partial charge in [0.05, 0.1) is 10.6 Å². The van der Waals surface area contributed by atoms with Crippen LogP contribution in [0.2, 0.25) is 5.02 Å². The fourth-order valence-corrected chi connectivity index (χ4v) is 2.63. The molecule has 140 valence electrons. The Bertz CT molecular complexity index is 1090. The SMILES string of the molecule is C=CC(=O)Oc1ccc2cc(C(=O)Oc3ccc(OC=O)cc3Cl)ccc2c1. The van der Waals surface area contributed by atoms with Crippen LogP contribution >= 0.6 is 11.6 Å². The normalized spacial score (nSPS) is 10.2. The monoisotopic (exact) mass is 396 g/mol. The number of ether oxygens (including phenoxy) is 3. The molecule has 0 unspecified atom stereocenters. The Morgan fingerprint density at radius 1 is 0.893 bits per heavy atom. The molecule has 3 aromatic rings. The van der Waals surface area contributed by atoms with E-state index in [9.17, 15) is 14.4 Å². The highest BCUT2D eigenvalue weighted by atomic mass is 35.5. The number of hydrogen-bond acceptors (Lipinski definition) is 6. The van der Waals surface area contributed by atoms with Gasteiger partial charge < -0.3 is 14.2 Å². The van der Waals surface area contributed by atoms with Gasteiger partial charge in [-0.05, 0) is 47.2 Å². The van der Waals surface area contributed by atoms with Gasteiger partial charge in [-0.25, -0.2) is 9.59 Å². The minimum Gasteiger partial charge on any atom is -0.429 e. The fourth-order valence-electron chi connectivity index (χ4n) is 2.42. The van der Waals surface area contributed by atoms with Crippen LogP contribution in [0.3, 0.4) is 0 Å². The molecule has 0 spiro atoms. The van der Waals surface area contributed by atoms with E-state index in [4.69, 9.17) is 21.1 Å². The summed E-state index contributed by atoms with van der Waals surface area (Å²) in [5.41, 5.74) is 0.313. The van der Waals surface area contributed by atoms with Gasteiger partial charge in [-0.3, -0.25) is 4.79 Å². The summed E-state index contributed by atoms with van der Waals surface area (Å²) in [7, 11) is 0. The van der Waals surface area contributed by atoms with Crippen LogP contribution in [-0.4, -0.2) is 18.4 Å². The fraction of sp³-hybridized carbons (Fsp3) is 0. The van der Waals surface area contributed by atoms with Gasteiger partial charge in [0.15, 0.2) is 0 Å². The number of esters is 2. The van der Waals surface area contributed by atoms with E-state index >= 15 is 0 Å². The molecule has 0 amide bonds. The molecule has 0 fully saturated rings. The average Bonchev–Trinajstić information content (AvgIpc) is 2.69. The van der Waals surface area contributed by atoms with Crippen LogP contribution in [-0.2, 0) is 9.59 Å². The molecular formula is C21H13ClO6. The highest BCUT2D eigenvalue weighted by Gasteiger charge is 2.13. The van der Waals surface area contributed by atoms with E-state index in [2.05, 4.69) is 11.3 Å². The van der Waals surface area contributed by atoms with E-state index in [1.54, 1.807) is 36.4 Å². The van der Waals surface area contributed by atoms with Crippen molar-refractivity contribution in [1.29, 1.82) is 0 Å². The highest BCUT2D eigenvalue weighted by molar-refractivity contribution is 6.32. The summed E-state index contributed by atoms with van der Waals surface area (Å²) < 4.78 is 15.1. The lowest BCUT2D eigenvalue weighted by Crippen LogP contribution is -2.08. The maximum atomic E-state index is 12.4. The molecule has 0 aromatic heterocycles. The van der Waals surface area contributed by atoms with Crippen LogP contribution in [0, 0.1) is 0 Å². The second-order valence-corrected chi connectivity index (χ2v) is 5.95. The lowest BCUT2D eigenvalue weighted by molar-refractivity contribution is -0.129. The van der Waals surface area contributed by atoms with Crippen molar-refractivity contribution in [2.45, 2.75) is 0 Å². The number of halogens is 1. The van der Waals surface area contributed by atoms with Crippen LogP contribution in [0.25, 0.3) is 10.8 Å². The largest absolute Gasteiger partial charge is 0.429 e. The molecule has 6 nitrogen and oxygen atoms in total. The van der Waals surface area contributed by atoms with Gasteiger partial charge in [0.2, 0.25) is 0 Å². The summed E-state index contributed by atoms with van der Waals surface area (Å²) in [6, 6.07) is 14.2. The zero-order valence-electron chi connectivity index (χ0n) is 14.4. The number of carbonyl (C=O) groups excluding carboxylic acids is 3. The predicted molar refractivity (Wildman–Crippen MR) is 103 cm³/mol. The number of benzene rings is 3. The Morgan fingerprint density at radius 2 is 1.61 bits per heavy atom. The first kappa shape index (κ1) is 19.1. The van der Waals surface area contributed by atoms with Crippen molar-refractivity contribution in [2.24, 2.45) is 0 Å². The van der Waals surface area contributed by atoms with Gasteiger partial charge in [-0.1, -0.05) is 30.3 Å². The Hall–Kier alpha value is -3.64. The summed E-state index contributed by atoms with van der Waals surface area (Å²) in [6.07, 6.45) is 1.08. The molecule has 7 heteroatoms. The lowest BCUT2D eigenvalue weighted by Gasteiger charge is -2.09. The molecule has 28 heavy (non-hydrogen) atoms. The van der Waals surface area contributed by atoms with Crippen LogP contribution in [0.1, 0.15) is 10.4 Å². The molecule has 0 aliphatic rings. The standard InChI is InChI=1S/C21H13ClO6/c1-2-20(24)27-17-6-5-13-9-15(4-3-14(13)10-17)21(25)28-19-8-7-16(26-12-23)11-18(19)22/h2-12H,1H2.